The molecule has 2 rings (SSSR count). The van der Waals surface area contributed by atoms with Crippen molar-refractivity contribution < 1.29 is 0 Å². The average molecular weight is 371 g/mol. The van der Waals surface area contributed by atoms with Crippen LogP contribution >= 0.6 is 27.5 Å². The van der Waals surface area contributed by atoms with Crippen LogP contribution in [0.3, 0.4) is 0 Å². The van der Waals surface area contributed by atoms with Crippen LogP contribution in [0.1, 0.15) is 37.6 Å². The van der Waals surface area contributed by atoms with Crippen molar-refractivity contribution in [3.63, 3.8) is 0 Å². The molecule has 114 valence electrons. The molecule has 0 bridgehead atoms. The van der Waals surface area contributed by atoms with Crippen LogP contribution < -0.4 is 5.32 Å². The lowest BCUT2D eigenvalue weighted by Crippen LogP contribution is -2.35. The van der Waals surface area contributed by atoms with Crippen molar-refractivity contribution in [2.24, 2.45) is 0 Å². The fourth-order valence-corrected chi connectivity index (χ4v) is 2.72. The number of hydrogen-bond acceptors (Lipinski definition) is 2. The van der Waals surface area contributed by atoms with E-state index in [2.05, 4.69) is 54.0 Å². The summed E-state index contributed by atoms with van der Waals surface area (Å²) in [5.41, 5.74) is 3.56. The van der Waals surface area contributed by atoms with E-state index in [0.29, 0.717) is 6.54 Å². The van der Waals surface area contributed by atoms with E-state index in [4.69, 9.17) is 11.6 Å². The largest absolute Gasteiger partial charge is 0.308 e. The normalized spacial score (nSPS) is 11.9. The highest BCUT2D eigenvalue weighted by Gasteiger charge is 2.12. The molecule has 0 radical (unpaired) electrons. The Labute approximate surface area is 139 Å². The molecule has 0 fully saturated rings. The lowest BCUT2D eigenvalue weighted by Gasteiger charge is -2.20. The monoisotopic (exact) mass is 369 g/mol. The number of halogens is 2. The SMILES string of the molecule is Cc1c(CNC(C)(C)C)cnn1Cc1ccc(Br)cc1Cl. The summed E-state index contributed by atoms with van der Waals surface area (Å²) in [4.78, 5) is 0. The molecule has 2 aromatic rings. The van der Waals surface area contributed by atoms with Crippen LogP contribution in [-0.4, -0.2) is 15.3 Å². The van der Waals surface area contributed by atoms with Crippen molar-refractivity contribution >= 4 is 27.5 Å². The van der Waals surface area contributed by atoms with Crippen molar-refractivity contribution in [3.05, 3.63) is 50.7 Å². The molecule has 5 heteroatoms. The van der Waals surface area contributed by atoms with Gasteiger partial charge in [0, 0.05) is 32.8 Å². The summed E-state index contributed by atoms with van der Waals surface area (Å²) in [6, 6.07) is 5.94. The van der Waals surface area contributed by atoms with Crippen LogP contribution in [0, 0.1) is 6.92 Å². The van der Waals surface area contributed by atoms with Crippen molar-refractivity contribution in [2.75, 3.05) is 0 Å². The van der Waals surface area contributed by atoms with Gasteiger partial charge in [0.1, 0.15) is 0 Å². The maximum absolute atomic E-state index is 6.28. The molecule has 0 aliphatic heterocycles. The highest BCUT2D eigenvalue weighted by molar-refractivity contribution is 9.10. The van der Waals surface area contributed by atoms with E-state index in [1.54, 1.807) is 0 Å². The molecule has 0 atom stereocenters. The molecule has 3 nitrogen and oxygen atoms in total. The average Bonchev–Trinajstić information content (AvgIpc) is 2.71. The quantitative estimate of drug-likeness (QED) is 0.856. The van der Waals surface area contributed by atoms with Crippen molar-refractivity contribution in [1.29, 1.82) is 0 Å². The molecule has 0 unspecified atom stereocenters. The lowest BCUT2D eigenvalue weighted by molar-refractivity contribution is 0.423. The summed E-state index contributed by atoms with van der Waals surface area (Å²) in [7, 11) is 0. The number of nitrogens with one attached hydrogen (secondary N) is 1. The Bertz CT molecular complexity index is 629. The van der Waals surface area contributed by atoms with Gasteiger partial charge in [-0.2, -0.15) is 5.10 Å². The van der Waals surface area contributed by atoms with Crippen LogP contribution in [0.5, 0.6) is 0 Å². The summed E-state index contributed by atoms with van der Waals surface area (Å²) < 4.78 is 2.98. The van der Waals surface area contributed by atoms with Gasteiger partial charge in [0.2, 0.25) is 0 Å². The second-order valence-corrected chi connectivity index (χ2v) is 7.58. The van der Waals surface area contributed by atoms with Crippen LogP contribution in [0.4, 0.5) is 0 Å². The molecule has 0 saturated carbocycles. The fourth-order valence-electron chi connectivity index (χ4n) is 1.99. The van der Waals surface area contributed by atoms with Gasteiger partial charge in [-0.05, 0) is 45.4 Å². The Morgan fingerprint density at radius 2 is 2.00 bits per heavy atom. The van der Waals surface area contributed by atoms with Gasteiger partial charge in [-0.3, -0.25) is 4.68 Å². The van der Waals surface area contributed by atoms with Crippen LogP contribution in [-0.2, 0) is 13.1 Å². The predicted molar refractivity (Wildman–Crippen MR) is 91.8 cm³/mol. The van der Waals surface area contributed by atoms with Crippen LogP contribution in [0.15, 0.2) is 28.9 Å². The van der Waals surface area contributed by atoms with Gasteiger partial charge in [0.25, 0.3) is 0 Å². The minimum atomic E-state index is 0.101. The first-order valence-electron chi connectivity index (χ1n) is 6.96. The van der Waals surface area contributed by atoms with Gasteiger partial charge in [0.15, 0.2) is 0 Å². The molecule has 0 saturated heterocycles. The van der Waals surface area contributed by atoms with E-state index in [9.17, 15) is 0 Å². The molecule has 0 aliphatic carbocycles. The van der Waals surface area contributed by atoms with E-state index >= 15 is 0 Å². The molecular formula is C16H21BrClN3. The Balaban J connectivity index is 2.13. The molecule has 1 heterocycles. The van der Waals surface area contributed by atoms with E-state index in [1.165, 1.54) is 11.3 Å². The summed E-state index contributed by atoms with van der Waals surface area (Å²) in [5, 5.41) is 8.73. The smallest absolute Gasteiger partial charge is 0.0677 e. The molecule has 21 heavy (non-hydrogen) atoms. The van der Waals surface area contributed by atoms with Gasteiger partial charge in [-0.1, -0.05) is 33.6 Å². The van der Waals surface area contributed by atoms with E-state index in [0.717, 1.165) is 21.6 Å². The number of rotatable bonds is 4. The second kappa shape index (κ2) is 6.51. The van der Waals surface area contributed by atoms with E-state index in [1.807, 2.05) is 29.1 Å². The molecule has 1 aromatic carbocycles. The predicted octanol–water partition coefficient (Wildman–Crippen LogP) is 4.54. The Morgan fingerprint density at radius 3 is 2.62 bits per heavy atom. The Kier molecular flexibility index (Phi) is 5.12. The first kappa shape index (κ1) is 16.5. The summed E-state index contributed by atoms with van der Waals surface area (Å²) in [6.45, 7) is 10.1. The van der Waals surface area contributed by atoms with Gasteiger partial charge >= 0.3 is 0 Å². The standard InChI is InChI=1S/C16H21BrClN3/c1-11-13(8-19-16(2,3)4)9-20-21(11)10-12-5-6-14(17)7-15(12)18/h5-7,9,19H,8,10H2,1-4H3. The van der Waals surface area contributed by atoms with Crippen molar-refractivity contribution in [1.82, 2.24) is 15.1 Å². The molecule has 0 amide bonds. The van der Waals surface area contributed by atoms with Crippen molar-refractivity contribution in [3.8, 4) is 0 Å². The molecule has 0 aliphatic rings. The molecular weight excluding hydrogens is 350 g/mol. The third kappa shape index (κ3) is 4.56. The Hall–Kier alpha value is -0.840. The third-order valence-corrected chi connectivity index (χ3v) is 4.19. The Morgan fingerprint density at radius 1 is 1.29 bits per heavy atom. The van der Waals surface area contributed by atoms with Gasteiger partial charge in [-0.25, -0.2) is 0 Å². The third-order valence-electron chi connectivity index (χ3n) is 3.35. The van der Waals surface area contributed by atoms with Crippen LogP contribution in [0.25, 0.3) is 0 Å². The topological polar surface area (TPSA) is 29.9 Å². The van der Waals surface area contributed by atoms with Crippen molar-refractivity contribution in [2.45, 2.75) is 46.3 Å². The van der Waals surface area contributed by atoms with Gasteiger partial charge in [-0.15, -0.1) is 0 Å². The number of aromatic nitrogens is 2. The summed E-state index contributed by atoms with van der Waals surface area (Å²) >= 11 is 9.70. The first-order chi connectivity index (χ1) is 9.76. The molecule has 0 spiro atoms. The molecule has 1 aromatic heterocycles. The van der Waals surface area contributed by atoms with E-state index in [-0.39, 0.29) is 5.54 Å². The highest BCUT2D eigenvalue weighted by atomic mass is 79.9. The zero-order valence-corrected chi connectivity index (χ0v) is 15.2. The number of nitrogens with zero attached hydrogens (tertiary/aromatic N) is 2. The summed E-state index contributed by atoms with van der Waals surface area (Å²) in [6.07, 6.45) is 1.93. The van der Waals surface area contributed by atoms with Gasteiger partial charge in [0.05, 0.1) is 12.7 Å². The maximum atomic E-state index is 6.28. The number of benzene rings is 1. The zero-order chi connectivity index (χ0) is 15.6. The second-order valence-electron chi connectivity index (χ2n) is 6.25. The summed E-state index contributed by atoms with van der Waals surface area (Å²) in [5.74, 6) is 0. The molecule has 1 N–H and O–H groups in total. The number of hydrogen-bond donors (Lipinski definition) is 1. The zero-order valence-electron chi connectivity index (χ0n) is 12.9. The van der Waals surface area contributed by atoms with E-state index < -0.39 is 0 Å². The fraction of sp³-hybridized carbons (Fsp3) is 0.438. The first-order valence-corrected chi connectivity index (χ1v) is 8.13. The highest BCUT2D eigenvalue weighted by Crippen LogP contribution is 2.22. The lowest BCUT2D eigenvalue weighted by atomic mass is 10.1. The minimum absolute atomic E-state index is 0.101. The maximum Gasteiger partial charge on any atom is 0.0677 e. The van der Waals surface area contributed by atoms with Gasteiger partial charge < -0.3 is 5.32 Å². The van der Waals surface area contributed by atoms with Crippen LogP contribution in [0.2, 0.25) is 5.02 Å². The minimum Gasteiger partial charge on any atom is -0.308 e.